The molecule has 2 rings (SSSR count). The first-order valence-electron chi connectivity index (χ1n) is 5.96. The van der Waals surface area contributed by atoms with Crippen molar-refractivity contribution in [1.82, 2.24) is 5.32 Å². The van der Waals surface area contributed by atoms with Gasteiger partial charge < -0.3 is 15.0 Å². The van der Waals surface area contributed by atoms with Gasteiger partial charge in [0.05, 0.1) is 6.10 Å². The maximum Gasteiger partial charge on any atom is 0.0762 e. The Hall–Kier alpha value is -0.770. The summed E-state index contributed by atoms with van der Waals surface area (Å²) in [6.07, 6.45) is 1.43. The molecule has 1 saturated heterocycles. The zero-order valence-corrected chi connectivity index (χ0v) is 11.1. The van der Waals surface area contributed by atoms with Gasteiger partial charge in [-0.2, -0.15) is 0 Å². The molecule has 94 valence electrons. The van der Waals surface area contributed by atoms with E-state index in [1.165, 1.54) is 11.3 Å². The topological polar surface area (TPSA) is 24.5 Å². The van der Waals surface area contributed by atoms with E-state index >= 15 is 0 Å². The van der Waals surface area contributed by atoms with Crippen LogP contribution in [0.4, 0.5) is 5.69 Å². The van der Waals surface area contributed by atoms with Gasteiger partial charge in [-0.25, -0.2) is 0 Å². The minimum Gasteiger partial charge on any atom is -0.380 e. The number of anilines is 1. The number of halogens is 1. The van der Waals surface area contributed by atoms with Gasteiger partial charge in [-0.05, 0) is 25.6 Å². The Morgan fingerprint density at radius 3 is 3.00 bits per heavy atom. The monoisotopic (exact) mass is 254 g/mol. The van der Waals surface area contributed by atoms with E-state index < -0.39 is 0 Å². The van der Waals surface area contributed by atoms with Crippen molar-refractivity contribution in [3.8, 4) is 0 Å². The van der Waals surface area contributed by atoms with Crippen molar-refractivity contribution in [1.29, 1.82) is 0 Å². The largest absolute Gasteiger partial charge is 0.380 e. The average molecular weight is 255 g/mol. The molecule has 1 atom stereocenters. The molecule has 0 saturated carbocycles. The number of hydrogen-bond acceptors (Lipinski definition) is 3. The van der Waals surface area contributed by atoms with Crippen molar-refractivity contribution in [3.05, 3.63) is 28.8 Å². The van der Waals surface area contributed by atoms with E-state index in [-0.39, 0.29) is 0 Å². The molecule has 0 amide bonds. The third kappa shape index (κ3) is 2.73. The Labute approximate surface area is 108 Å². The number of rotatable bonds is 4. The van der Waals surface area contributed by atoms with Crippen LogP contribution in [0.3, 0.4) is 0 Å². The summed E-state index contributed by atoms with van der Waals surface area (Å²) in [7, 11) is 3.72. The van der Waals surface area contributed by atoms with Gasteiger partial charge >= 0.3 is 0 Å². The highest BCUT2D eigenvalue weighted by Crippen LogP contribution is 2.30. The highest BCUT2D eigenvalue weighted by Gasteiger charge is 2.24. The van der Waals surface area contributed by atoms with E-state index in [0.717, 1.165) is 31.1 Å². The molecule has 1 unspecified atom stereocenters. The molecular formula is C13H19ClN2O. The van der Waals surface area contributed by atoms with Crippen LogP contribution in [0.5, 0.6) is 0 Å². The molecule has 1 heterocycles. The van der Waals surface area contributed by atoms with Crippen molar-refractivity contribution in [2.75, 3.05) is 32.1 Å². The normalized spacial score (nSPS) is 19.9. The lowest BCUT2D eigenvalue weighted by atomic mass is 10.1. The average Bonchev–Trinajstić information content (AvgIpc) is 2.80. The van der Waals surface area contributed by atoms with E-state index in [9.17, 15) is 0 Å². The van der Waals surface area contributed by atoms with Gasteiger partial charge in [0, 0.05) is 43.0 Å². The predicted octanol–water partition coefficient (Wildman–Crippen LogP) is 2.28. The lowest BCUT2D eigenvalue weighted by Crippen LogP contribution is -2.24. The first-order chi connectivity index (χ1) is 8.26. The zero-order chi connectivity index (χ0) is 12.3. The second-order valence-corrected chi connectivity index (χ2v) is 4.77. The third-order valence-electron chi connectivity index (χ3n) is 3.27. The van der Waals surface area contributed by atoms with Crippen LogP contribution in [0.1, 0.15) is 12.0 Å². The molecule has 1 fully saturated rings. The maximum absolute atomic E-state index is 6.26. The van der Waals surface area contributed by atoms with Crippen LogP contribution in [0.2, 0.25) is 5.02 Å². The minimum absolute atomic E-state index is 0.344. The van der Waals surface area contributed by atoms with Crippen LogP contribution in [0.25, 0.3) is 0 Å². The second-order valence-electron chi connectivity index (χ2n) is 4.36. The SMILES string of the molecule is CNCc1c(Cl)cccc1N1CCC(OC)C1. The van der Waals surface area contributed by atoms with E-state index in [4.69, 9.17) is 16.3 Å². The lowest BCUT2D eigenvalue weighted by molar-refractivity contribution is 0.121. The predicted molar refractivity (Wildman–Crippen MR) is 71.8 cm³/mol. The first kappa shape index (κ1) is 12.7. The van der Waals surface area contributed by atoms with Gasteiger partial charge in [-0.3, -0.25) is 0 Å². The zero-order valence-electron chi connectivity index (χ0n) is 10.4. The number of nitrogens with zero attached hydrogens (tertiary/aromatic N) is 1. The number of ether oxygens (including phenoxy) is 1. The molecule has 1 aliphatic rings. The Kier molecular flexibility index (Phi) is 4.26. The fraction of sp³-hybridized carbons (Fsp3) is 0.538. The molecule has 1 aromatic carbocycles. The van der Waals surface area contributed by atoms with E-state index in [1.807, 2.05) is 19.2 Å². The smallest absolute Gasteiger partial charge is 0.0762 e. The fourth-order valence-corrected chi connectivity index (χ4v) is 2.57. The number of nitrogens with one attached hydrogen (secondary N) is 1. The molecular weight excluding hydrogens is 236 g/mol. The summed E-state index contributed by atoms with van der Waals surface area (Å²) < 4.78 is 5.40. The van der Waals surface area contributed by atoms with Crippen molar-refractivity contribution in [2.24, 2.45) is 0 Å². The van der Waals surface area contributed by atoms with E-state index in [1.54, 1.807) is 7.11 Å². The minimum atomic E-state index is 0.344. The molecule has 0 bridgehead atoms. The standard InChI is InChI=1S/C13H19ClN2O/c1-15-8-11-12(14)4-3-5-13(11)16-7-6-10(9-16)17-2/h3-5,10,15H,6-9H2,1-2H3. The highest BCUT2D eigenvalue weighted by molar-refractivity contribution is 6.31. The number of methoxy groups -OCH3 is 1. The summed E-state index contributed by atoms with van der Waals surface area (Å²) in [6.45, 7) is 2.78. The second kappa shape index (κ2) is 5.71. The van der Waals surface area contributed by atoms with E-state index in [2.05, 4.69) is 16.3 Å². The van der Waals surface area contributed by atoms with Crippen molar-refractivity contribution < 1.29 is 4.74 Å². The quantitative estimate of drug-likeness (QED) is 0.892. The fourth-order valence-electron chi connectivity index (χ4n) is 2.33. The Balaban J connectivity index is 2.23. The van der Waals surface area contributed by atoms with Crippen LogP contribution in [-0.4, -0.2) is 33.4 Å². The summed E-state index contributed by atoms with van der Waals surface area (Å²) in [4.78, 5) is 2.35. The van der Waals surface area contributed by atoms with Gasteiger partial charge in [-0.1, -0.05) is 17.7 Å². The Morgan fingerprint density at radius 2 is 2.35 bits per heavy atom. The van der Waals surface area contributed by atoms with Crippen LogP contribution in [-0.2, 0) is 11.3 Å². The third-order valence-corrected chi connectivity index (χ3v) is 3.62. The van der Waals surface area contributed by atoms with Crippen molar-refractivity contribution in [3.63, 3.8) is 0 Å². The lowest BCUT2D eigenvalue weighted by Gasteiger charge is -2.22. The molecule has 1 aromatic rings. The molecule has 1 N–H and O–H groups in total. The Bertz CT molecular complexity index is 384. The summed E-state index contributed by atoms with van der Waals surface area (Å²) in [5.74, 6) is 0. The molecule has 0 spiro atoms. The molecule has 0 radical (unpaired) electrons. The maximum atomic E-state index is 6.26. The molecule has 0 aromatic heterocycles. The van der Waals surface area contributed by atoms with Gasteiger partial charge in [0.2, 0.25) is 0 Å². The number of hydrogen-bond donors (Lipinski definition) is 1. The van der Waals surface area contributed by atoms with Gasteiger partial charge in [0.15, 0.2) is 0 Å². The van der Waals surface area contributed by atoms with Crippen molar-refractivity contribution in [2.45, 2.75) is 19.1 Å². The van der Waals surface area contributed by atoms with Gasteiger partial charge in [0.1, 0.15) is 0 Å². The summed E-state index contributed by atoms with van der Waals surface area (Å²) >= 11 is 6.26. The summed E-state index contributed by atoms with van der Waals surface area (Å²) in [6, 6.07) is 6.09. The molecule has 17 heavy (non-hydrogen) atoms. The molecule has 0 aliphatic carbocycles. The Morgan fingerprint density at radius 1 is 1.53 bits per heavy atom. The van der Waals surface area contributed by atoms with Crippen LogP contribution in [0.15, 0.2) is 18.2 Å². The van der Waals surface area contributed by atoms with Crippen LogP contribution in [0, 0.1) is 0 Å². The molecule has 1 aliphatic heterocycles. The molecule has 3 nitrogen and oxygen atoms in total. The van der Waals surface area contributed by atoms with Crippen molar-refractivity contribution >= 4 is 17.3 Å². The van der Waals surface area contributed by atoms with E-state index in [0.29, 0.717) is 6.10 Å². The summed E-state index contributed by atoms with van der Waals surface area (Å²) in [5, 5.41) is 4.00. The summed E-state index contributed by atoms with van der Waals surface area (Å²) in [5.41, 5.74) is 2.40. The van der Waals surface area contributed by atoms with Crippen LogP contribution >= 0.6 is 11.6 Å². The van der Waals surface area contributed by atoms with Crippen LogP contribution < -0.4 is 10.2 Å². The van der Waals surface area contributed by atoms with Gasteiger partial charge in [-0.15, -0.1) is 0 Å². The molecule has 4 heteroatoms. The van der Waals surface area contributed by atoms with Gasteiger partial charge in [0.25, 0.3) is 0 Å². The first-order valence-corrected chi connectivity index (χ1v) is 6.33. The highest BCUT2D eigenvalue weighted by atomic mass is 35.5. The number of benzene rings is 1.